The van der Waals surface area contributed by atoms with Crippen LogP contribution >= 0.6 is 0 Å². The standard InChI is InChI=1S/C23H20N2O2/c1-3-16-7-9-17(10-8-16)22(26)24-19-11-12-20-21(14-19)27-23(25-20)18-6-4-5-15(2)13-18/h4-14H,3H2,1-2H3,(H,24,26). The number of carbonyl (C=O) groups is 1. The lowest BCUT2D eigenvalue weighted by atomic mass is 10.1. The van der Waals surface area contributed by atoms with E-state index in [2.05, 4.69) is 17.2 Å². The lowest BCUT2D eigenvalue weighted by molar-refractivity contribution is 0.102. The molecular weight excluding hydrogens is 336 g/mol. The zero-order chi connectivity index (χ0) is 18.8. The van der Waals surface area contributed by atoms with Crippen molar-refractivity contribution in [3.05, 3.63) is 83.4 Å². The van der Waals surface area contributed by atoms with Crippen molar-refractivity contribution in [3.8, 4) is 11.5 Å². The highest BCUT2D eigenvalue weighted by Crippen LogP contribution is 2.27. The van der Waals surface area contributed by atoms with Gasteiger partial charge in [0.1, 0.15) is 5.52 Å². The highest BCUT2D eigenvalue weighted by Gasteiger charge is 2.11. The van der Waals surface area contributed by atoms with E-state index in [1.165, 1.54) is 5.56 Å². The minimum atomic E-state index is -0.143. The summed E-state index contributed by atoms with van der Waals surface area (Å²) in [4.78, 5) is 17.0. The summed E-state index contributed by atoms with van der Waals surface area (Å²) in [6.07, 6.45) is 0.952. The number of benzene rings is 3. The fourth-order valence-corrected chi connectivity index (χ4v) is 3.00. The topological polar surface area (TPSA) is 55.1 Å². The number of aromatic nitrogens is 1. The SMILES string of the molecule is CCc1ccc(C(=O)Nc2ccc3nc(-c4cccc(C)c4)oc3c2)cc1. The van der Waals surface area contributed by atoms with Crippen LogP contribution in [-0.4, -0.2) is 10.9 Å². The van der Waals surface area contributed by atoms with Crippen LogP contribution in [0.4, 0.5) is 5.69 Å². The van der Waals surface area contributed by atoms with Crippen LogP contribution in [0.1, 0.15) is 28.4 Å². The Bertz CT molecular complexity index is 1110. The van der Waals surface area contributed by atoms with Gasteiger partial charge in [-0.3, -0.25) is 4.79 Å². The maximum atomic E-state index is 12.5. The lowest BCUT2D eigenvalue weighted by Crippen LogP contribution is -2.11. The van der Waals surface area contributed by atoms with Gasteiger partial charge < -0.3 is 9.73 Å². The number of oxazole rings is 1. The van der Waals surface area contributed by atoms with Gasteiger partial charge >= 0.3 is 0 Å². The van der Waals surface area contributed by atoms with Crippen LogP contribution in [-0.2, 0) is 6.42 Å². The second-order valence-corrected chi connectivity index (χ2v) is 6.58. The van der Waals surface area contributed by atoms with Crippen LogP contribution in [0.5, 0.6) is 0 Å². The number of amides is 1. The van der Waals surface area contributed by atoms with E-state index in [9.17, 15) is 4.79 Å². The summed E-state index contributed by atoms with van der Waals surface area (Å²) in [6, 6.07) is 21.2. The van der Waals surface area contributed by atoms with Crippen LogP contribution in [0, 0.1) is 6.92 Å². The number of nitrogens with zero attached hydrogens (tertiary/aromatic N) is 1. The van der Waals surface area contributed by atoms with Crippen molar-refractivity contribution >= 4 is 22.7 Å². The zero-order valence-corrected chi connectivity index (χ0v) is 15.3. The Balaban J connectivity index is 1.58. The van der Waals surface area contributed by atoms with Crippen LogP contribution in [0.15, 0.2) is 71.1 Å². The summed E-state index contributed by atoms with van der Waals surface area (Å²) in [5, 5.41) is 2.92. The van der Waals surface area contributed by atoms with Crippen molar-refractivity contribution < 1.29 is 9.21 Å². The first-order valence-corrected chi connectivity index (χ1v) is 9.00. The van der Waals surface area contributed by atoms with E-state index >= 15 is 0 Å². The maximum absolute atomic E-state index is 12.5. The molecule has 1 amide bonds. The largest absolute Gasteiger partial charge is 0.436 e. The molecule has 1 N–H and O–H groups in total. The Morgan fingerprint density at radius 2 is 1.85 bits per heavy atom. The van der Waals surface area contributed by atoms with Crippen molar-refractivity contribution in [2.75, 3.05) is 5.32 Å². The van der Waals surface area contributed by atoms with Gasteiger partial charge in [-0.1, -0.05) is 36.8 Å². The van der Waals surface area contributed by atoms with Crippen LogP contribution in [0.2, 0.25) is 0 Å². The summed E-state index contributed by atoms with van der Waals surface area (Å²) in [5.74, 6) is 0.433. The monoisotopic (exact) mass is 356 g/mol. The Labute approximate surface area is 157 Å². The molecule has 0 saturated heterocycles. The summed E-state index contributed by atoms with van der Waals surface area (Å²) in [7, 11) is 0. The maximum Gasteiger partial charge on any atom is 0.255 e. The van der Waals surface area contributed by atoms with Gasteiger partial charge in [-0.2, -0.15) is 0 Å². The molecule has 4 heteroatoms. The number of hydrogen-bond acceptors (Lipinski definition) is 3. The highest BCUT2D eigenvalue weighted by molar-refractivity contribution is 6.04. The molecule has 4 nitrogen and oxygen atoms in total. The van der Waals surface area contributed by atoms with E-state index in [4.69, 9.17) is 4.42 Å². The molecule has 134 valence electrons. The molecule has 0 aliphatic rings. The third-order valence-corrected chi connectivity index (χ3v) is 4.54. The normalized spacial score (nSPS) is 10.9. The smallest absolute Gasteiger partial charge is 0.255 e. The first-order chi connectivity index (χ1) is 13.1. The molecule has 0 spiro atoms. The minimum Gasteiger partial charge on any atom is -0.436 e. The van der Waals surface area contributed by atoms with Gasteiger partial charge in [0.25, 0.3) is 5.91 Å². The zero-order valence-electron chi connectivity index (χ0n) is 15.3. The van der Waals surface area contributed by atoms with Crippen LogP contribution < -0.4 is 5.32 Å². The Morgan fingerprint density at radius 1 is 1.04 bits per heavy atom. The number of hydrogen-bond donors (Lipinski definition) is 1. The van der Waals surface area contributed by atoms with Gasteiger partial charge in [-0.15, -0.1) is 0 Å². The molecule has 0 saturated carbocycles. The van der Waals surface area contributed by atoms with E-state index in [0.29, 0.717) is 22.7 Å². The predicted molar refractivity (Wildman–Crippen MR) is 108 cm³/mol. The second kappa shape index (κ2) is 7.08. The average molecular weight is 356 g/mol. The van der Waals surface area contributed by atoms with Gasteiger partial charge in [0.05, 0.1) is 0 Å². The highest BCUT2D eigenvalue weighted by atomic mass is 16.3. The van der Waals surface area contributed by atoms with Gasteiger partial charge in [0.2, 0.25) is 5.89 Å². The average Bonchev–Trinajstić information content (AvgIpc) is 3.11. The fraction of sp³-hybridized carbons (Fsp3) is 0.130. The van der Waals surface area contributed by atoms with E-state index < -0.39 is 0 Å². The van der Waals surface area contributed by atoms with E-state index in [-0.39, 0.29) is 5.91 Å². The molecule has 0 radical (unpaired) electrons. The minimum absolute atomic E-state index is 0.143. The Kier molecular flexibility index (Phi) is 4.47. The molecular formula is C23H20N2O2. The van der Waals surface area contributed by atoms with Crippen molar-refractivity contribution in [2.24, 2.45) is 0 Å². The molecule has 0 aliphatic heterocycles. The number of rotatable bonds is 4. The quantitative estimate of drug-likeness (QED) is 0.516. The van der Waals surface area contributed by atoms with Gasteiger partial charge in [0.15, 0.2) is 5.58 Å². The summed E-state index contributed by atoms with van der Waals surface area (Å²) >= 11 is 0. The van der Waals surface area contributed by atoms with Crippen molar-refractivity contribution in [3.63, 3.8) is 0 Å². The molecule has 0 atom stereocenters. The molecule has 3 aromatic carbocycles. The number of anilines is 1. The van der Waals surface area contributed by atoms with Crippen molar-refractivity contribution in [2.45, 2.75) is 20.3 Å². The van der Waals surface area contributed by atoms with Gasteiger partial charge in [-0.05, 0) is 55.3 Å². The Morgan fingerprint density at radius 3 is 2.59 bits per heavy atom. The molecule has 4 aromatic rings. The number of carbonyl (C=O) groups excluding carboxylic acids is 1. The molecule has 27 heavy (non-hydrogen) atoms. The summed E-state index contributed by atoms with van der Waals surface area (Å²) < 4.78 is 5.90. The van der Waals surface area contributed by atoms with Crippen LogP contribution in [0.3, 0.4) is 0 Å². The molecule has 0 aliphatic carbocycles. The van der Waals surface area contributed by atoms with Gasteiger partial charge in [0, 0.05) is 22.9 Å². The lowest BCUT2D eigenvalue weighted by Gasteiger charge is -2.05. The van der Waals surface area contributed by atoms with E-state index in [1.807, 2.05) is 67.6 Å². The van der Waals surface area contributed by atoms with E-state index in [0.717, 1.165) is 23.1 Å². The molecule has 1 aromatic heterocycles. The van der Waals surface area contributed by atoms with Crippen molar-refractivity contribution in [1.29, 1.82) is 0 Å². The first kappa shape index (κ1) is 17.0. The Hall–Kier alpha value is -3.40. The molecule has 0 fully saturated rings. The fourth-order valence-electron chi connectivity index (χ4n) is 3.00. The number of aryl methyl sites for hydroxylation is 2. The third kappa shape index (κ3) is 3.60. The van der Waals surface area contributed by atoms with Crippen LogP contribution in [0.25, 0.3) is 22.6 Å². The first-order valence-electron chi connectivity index (χ1n) is 9.00. The number of fused-ring (bicyclic) bond motifs is 1. The predicted octanol–water partition coefficient (Wildman–Crippen LogP) is 5.62. The van der Waals surface area contributed by atoms with Crippen molar-refractivity contribution in [1.82, 2.24) is 4.98 Å². The molecule has 4 rings (SSSR count). The van der Waals surface area contributed by atoms with Gasteiger partial charge in [-0.25, -0.2) is 4.98 Å². The summed E-state index contributed by atoms with van der Waals surface area (Å²) in [6.45, 7) is 4.12. The molecule has 0 unspecified atom stereocenters. The second-order valence-electron chi connectivity index (χ2n) is 6.58. The van der Waals surface area contributed by atoms with E-state index in [1.54, 1.807) is 6.07 Å². The molecule has 1 heterocycles. The summed E-state index contributed by atoms with van der Waals surface area (Å²) in [5.41, 5.74) is 6.01. The molecule has 0 bridgehead atoms. The number of nitrogens with one attached hydrogen (secondary N) is 1. The third-order valence-electron chi connectivity index (χ3n) is 4.54.